The van der Waals surface area contributed by atoms with Crippen molar-refractivity contribution in [1.29, 1.82) is 0 Å². The van der Waals surface area contributed by atoms with E-state index in [4.69, 9.17) is 14.5 Å². The summed E-state index contributed by atoms with van der Waals surface area (Å²) < 4.78 is 11.0. The molecule has 0 spiro atoms. The number of methoxy groups -OCH3 is 2. The van der Waals surface area contributed by atoms with Gasteiger partial charge in [0.25, 0.3) is 0 Å². The molecular formula is C24H33N5O2. The highest BCUT2D eigenvalue weighted by atomic mass is 16.5. The average molecular weight is 424 g/mol. The Morgan fingerprint density at radius 2 is 1.84 bits per heavy atom. The Bertz CT molecular complexity index is 909. The van der Waals surface area contributed by atoms with Gasteiger partial charge in [-0.15, -0.1) is 0 Å². The van der Waals surface area contributed by atoms with Crippen LogP contribution < -0.4 is 14.4 Å². The molecule has 0 amide bonds. The molecule has 2 aliphatic heterocycles. The van der Waals surface area contributed by atoms with Gasteiger partial charge in [-0.25, -0.2) is 9.97 Å². The van der Waals surface area contributed by atoms with Crippen LogP contribution in [-0.2, 0) is 19.5 Å². The average Bonchev–Trinajstić information content (AvgIpc) is 2.78. The highest BCUT2D eigenvalue weighted by molar-refractivity contribution is 5.50. The van der Waals surface area contributed by atoms with Crippen LogP contribution in [0, 0.1) is 0 Å². The first-order valence-corrected chi connectivity index (χ1v) is 11.5. The highest BCUT2D eigenvalue weighted by Crippen LogP contribution is 2.31. The molecular weight excluding hydrogens is 390 g/mol. The largest absolute Gasteiger partial charge is 0.497 e. The molecule has 0 radical (unpaired) electrons. The minimum Gasteiger partial charge on any atom is -0.497 e. The van der Waals surface area contributed by atoms with Gasteiger partial charge in [0, 0.05) is 63.0 Å². The molecule has 7 heteroatoms. The van der Waals surface area contributed by atoms with Gasteiger partial charge >= 0.3 is 0 Å². The van der Waals surface area contributed by atoms with Crippen LogP contribution in [0.15, 0.2) is 24.5 Å². The lowest BCUT2D eigenvalue weighted by molar-refractivity contribution is 0.120. The molecule has 0 atom stereocenters. The van der Waals surface area contributed by atoms with Crippen molar-refractivity contribution in [1.82, 2.24) is 19.8 Å². The molecule has 1 aromatic carbocycles. The summed E-state index contributed by atoms with van der Waals surface area (Å²) in [6, 6.07) is 6.83. The van der Waals surface area contributed by atoms with Crippen molar-refractivity contribution in [2.45, 2.75) is 44.8 Å². The predicted octanol–water partition coefficient (Wildman–Crippen LogP) is 2.73. The van der Waals surface area contributed by atoms with Crippen LogP contribution in [0.2, 0.25) is 0 Å². The first-order chi connectivity index (χ1) is 15.2. The fraction of sp³-hybridized carbons (Fsp3) is 0.583. The minimum absolute atomic E-state index is 0.819. The van der Waals surface area contributed by atoms with Crippen molar-refractivity contribution in [2.75, 3.05) is 51.8 Å². The number of nitrogens with zero attached hydrogens (tertiary/aromatic N) is 5. The Hall–Kier alpha value is -2.38. The van der Waals surface area contributed by atoms with Crippen molar-refractivity contribution in [3.8, 4) is 11.5 Å². The van der Waals surface area contributed by atoms with Crippen LogP contribution >= 0.6 is 0 Å². The third kappa shape index (κ3) is 4.21. The number of benzene rings is 1. The fourth-order valence-corrected chi connectivity index (χ4v) is 5.10. The maximum absolute atomic E-state index is 5.57. The lowest BCUT2D eigenvalue weighted by Crippen LogP contribution is -2.52. The summed E-state index contributed by atoms with van der Waals surface area (Å²) in [5.74, 6) is 2.93. The molecule has 5 rings (SSSR count). The molecule has 0 N–H and O–H groups in total. The van der Waals surface area contributed by atoms with Gasteiger partial charge in [0.05, 0.1) is 19.9 Å². The number of hydrogen-bond donors (Lipinski definition) is 0. The standard InChI is InChI=1S/C24H33N5O2/c1-30-20-6-7-23(31-2)18(14-20)15-27-9-8-21-22(16-27)25-17-26-24(21)29-12-10-28(11-13-29)19-4-3-5-19/h6-7,14,17,19H,3-5,8-13,15-16H2,1-2H3. The highest BCUT2D eigenvalue weighted by Gasteiger charge is 2.30. The van der Waals surface area contributed by atoms with Crippen LogP contribution in [0.5, 0.6) is 11.5 Å². The Morgan fingerprint density at radius 1 is 1.00 bits per heavy atom. The zero-order chi connectivity index (χ0) is 21.2. The summed E-state index contributed by atoms with van der Waals surface area (Å²) in [4.78, 5) is 17.0. The monoisotopic (exact) mass is 423 g/mol. The van der Waals surface area contributed by atoms with Crippen molar-refractivity contribution in [3.63, 3.8) is 0 Å². The first kappa shape index (κ1) is 20.5. The Morgan fingerprint density at radius 3 is 2.55 bits per heavy atom. The Kier molecular flexibility index (Phi) is 5.96. The van der Waals surface area contributed by atoms with Crippen LogP contribution in [-0.4, -0.2) is 72.8 Å². The zero-order valence-electron chi connectivity index (χ0n) is 18.7. The van der Waals surface area contributed by atoms with Gasteiger partial charge in [0.2, 0.25) is 0 Å². The van der Waals surface area contributed by atoms with Crippen LogP contribution in [0.4, 0.5) is 5.82 Å². The van der Waals surface area contributed by atoms with E-state index in [0.29, 0.717) is 0 Å². The summed E-state index contributed by atoms with van der Waals surface area (Å²) in [6.07, 6.45) is 6.92. The third-order valence-corrected chi connectivity index (χ3v) is 7.15. The molecule has 2 fully saturated rings. The topological polar surface area (TPSA) is 54.0 Å². The summed E-state index contributed by atoms with van der Waals surface area (Å²) in [5, 5.41) is 0. The van der Waals surface area contributed by atoms with E-state index in [2.05, 4.69) is 25.8 Å². The molecule has 7 nitrogen and oxygen atoms in total. The Labute approximate surface area is 185 Å². The summed E-state index contributed by atoms with van der Waals surface area (Å²) in [5.41, 5.74) is 3.65. The molecule has 3 heterocycles. The van der Waals surface area contributed by atoms with Crippen LogP contribution in [0.25, 0.3) is 0 Å². The van der Waals surface area contributed by atoms with Gasteiger partial charge in [0.15, 0.2) is 0 Å². The van der Waals surface area contributed by atoms with E-state index in [1.807, 2.05) is 12.1 Å². The van der Waals surface area contributed by atoms with Crippen molar-refractivity contribution >= 4 is 5.82 Å². The molecule has 1 aromatic heterocycles. The quantitative estimate of drug-likeness (QED) is 0.708. The molecule has 2 aromatic rings. The molecule has 166 valence electrons. The van der Waals surface area contributed by atoms with Crippen molar-refractivity contribution in [3.05, 3.63) is 41.3 Å². The fourth-order valence-electron chi connectivity index (χ4n) is 5.10. The summed E-state index contributed by atoms with van der Waals surface area (Å²) in [6.45, 7) is 7.12. The number of piperazine rings is 1. The van der Waals surface area contributed by atoms with Crippen LogP contribution in [0.3, 0.4) is 0 Å². The second kappa shape index (κ2) is 9.01. The summed E-state index contributed by atoms with van der Waals surface area (Å²) in [7, 11) is 3.42. The Balaban J connectivity index is 1.27. The predicted molar refractivity (Wildman–Crippen MR) is 121 cm³/mol. The maximum Gasteiger partial charge on any atom is 0.135 e. The van der Waals surface area contributed by atoms with Gasteiger partial charge in [-0.3, -0.25) is 9.80 Å². The molecule has 1 aliphatic carbocycles. The van der Waals surface area contributed by atoms with Gasteiger partial charge < -0.3 is 14.4 Å². The van der Waals surface area contributed by atoms with Gasteiger partial charge in [-0.1, -0.05) is 6.42 Å². The SMILES string of the molecule is COc1ccc(OC)c(CN2CCc3c(ncnc3N3CCN(C4CCC4)CC3)C2)c1. The number of rotatable bonds is 6. The van der Waals surface area contributed by atoms with Crippen molar-refractivity contribution < 1.29 is 9.47 Å². The lowest BCUT2D eigenvalue weighted by atomic mass is 9.91. The second-order valence-corrected chi connectivity index (χ2v) is 8.87. The van der Waals surface area contributed by atoms with E-state index >= 15 is 0 Å². The number of anilines is 1. The molecule has 31 heavy (non-hydrogen) atoms. The third-order valence-electron chi connectivity index (χ3n) is 7.15. The van der Waals surface area contributed by atoms with E-state index in [9.17, 15) is 0 Å². The molecule has 3 aliphatic rings. The van der Waals surface area contributed by atoms with E-state index in [1.54, 1.807) is 20.5 Å². The normalized spacial score (nSPS) is 20.3. The number of hydrogen-bond acceptors (Lipinski definition) is 7. The molecule has 1 saturated heterocycles. The zero-order valence-corrected chi connectivity index (χ0v) is 18.7. The number of ether oxygens (including phenoxy) is 2. The second-order valence-electron chi connectivity index (χ2n) is 8.87. The van der Waals surface area contributed by atoms with E-state index in [1.165, 1.54) is 30.5 Å². The van der Waals surface area contributed by atoms with Crippen molar-refractivity contribution in [2.24, 2.45) is 0 Å². The summed E-state index contributed by atoms with van der Waals surface area (Å²) >= 11 is 0. The number of fused-ring (bicyclic) bond motifs is 1. The maximum atomic E-state index is 5.57. The molecule has 0 bridgehead atoms. The van der Waals surface area contributed by atoms with E-state index in [-0.39, 0.29) is 0 Å². The smallest absolute Gasteiger partial charge is 0.135 e. The molecule has 1 saturated carbocycles. The minimum atomic E-state index is 0.819. The van der Waals surface area contributed by atoms with Gasteiger partial charge in [-0.2, -0.15) is 0 Å². The van der Waals surface area contributed by atoms with Gasteiger partial charge in [0.1, 0.15) is 23.6 Å². The molecule has 0 unspecified atom stereocenters. The lowest BCUT2D eigenvalue weighted by Gasteiger charge is -2.43. The van der Waals surface area contributed by atoms with E-state index < -0.39 is 0 Å². The van der Waals surface area contributed by atoms with Crippen LogP contribution in [0.1, 0.15) is 36.1 Å². The van der Waals surface area contributed by atoms with Gasteiger partial charge in [-0.05, 0) is 37.5 Å². The van der Waals surface area contributed by atoms with E-state index in [0.717, 1.165) is 81.2 Å². The first-order valence-electron chi connectivity index (χ1n) is 11.5. The number of aromatic nitrogens is 2.